The summed E-state index contributed by atoms with van der Waals surface area (Å²) in [5.41, 5.74) is 2.67. The molecule has 0 radical (unpaired) electrons. The van der Waals surface area contributed by atoms with Crippen molar-refractivity contribution in [2.24, 2.45) is 5.92 Å². The van der Waals surface area contributed by atoms with Gasteiger partial charge in [0.05, 0.1) is 5.69 Å². The normalized spacial score (nSPS) is 15.8. The summed E-state index contributed by atoms with van der Waals surface area (Å²) in [6.45, 7) is 2.25. The molecule has 0 aliphatic carbocycles. The first-order chi connectivity index (χ1) is 16.9. The molecule has 0 bridgehead atoms. The van der Waals surface area contributed by atoms with E-state index in [0.717, 1.165) is 31.5 Å². The molecule has 1 saturated heterocycles. The van der Waals surface area contributed by atoms with E-state index < -0.39 is 12.1 Å². The summed E-state index contributed by atoms with van der Waals surface area (Å²) in [5.74, 6) is -0.122. The molecule has 1 unspecified atom stereocenters. The van der Waals surface area contributed by atoms with Crippen LogP contribution in [0.25, 0.3) is 11.3 Å². The molecular weight excluding hydrogens is 490 g/mol. The monoisotopic (exact) mass is 518 g/mol. The van der Waals surface area contributed by atoms with Gasteiger partial charge in [-0.1, -0.05) is 53.5 Å². The zero-order chi connectivity index (χ0) is 24.8. The molecule has 3 aromatic rings. The van der Waals surface area contributed by atoms with Crippen molar-refractivity contribution in [3.05, 3.63) is 81.6 Å². The van der Waals surface area contributed by atoms with Crippen LogP contribution in [-0.2, 0) is 17.9 Å². The quantitative estimate of drug-likeness (QED) is 0.335. The molecular formula is C27H29Cl2FN2O3. The molecule has 0 amide bonds. The predicted octanol–water partition coefficient (Wildman–Crippen LogP) is 6.34. The Labute approximate surface area is 215 Å². The SMILES string of the molecule is COC(O)CC1CCN(Cc2cc(-c3cc(Cl)cc(Cl)c3)nc(OCc3ccccc3)c2F)CC1. The third-order valence-corrected chi connectivity index (χ3v) is 6.72. The highest BCUT2D eigenvalue weighted by molar-refractivity contribution is 6.35. The average Bonchev–Trinajstić information content (AvgIpc) is 2.85. The van der Waals surface area contributed by atoms with Crippen molar-refractivity contribution in [1.82, 2.24) is 9.88 Å². The van der Waals surface area contributed by atoms with Gasteiger partial charge in [0.2, 0.25) is 0 Å². The van der Waals surface area contributed by atoms with Gasteiger partial charge in [-0.25, -0.2) is 9.37 Å². The molecule has 4 rings (SSSR count). The van der Waals surface area contributed by atoms with Gasteiger partial charge >= 0.3 is 0 Å². The largest absolute Gasteiger partial charge is 0.471 e. The molecule has 1 N–H and O–H groups in total. The van der Waals surface area contributed by atoms with E-state index in [1.807, 2.05) is 30.3 Å². The Hall–Kier alpha value is -2.22. The lowest BCUT2D eigenvalue weighted by molar-refractivity contribution is -0.0910. The number of aromatic nitrogens is 1. The van der Waals surface area contributed by atoms with Crippen LogP contribution < -0.4 is 4.74 Å². The molecule has 1 aliphatic heterocycles. The number of rotatable bonds is 9. The second-order valence-corrected chi connectivity index (χ2v) is 9.74. The molecule has 0 spiro atoms. The van der Waals surface area contributed by atoms with Gasteiger partial charge in [-0.15, -0.1) is 0 Å². The minimum absolute atomic E-state index is 0.0458. The van der Waals surface area contributed by atoms with E-state index in [1.165, 1.54) is 7.11 Å². The lowest BCUT2D eigenvalue weighted by atomic mass is 9.93. The maximum atomic E-state index is 15.6. The number of aliphatic hydroxyl groups is 1. The molecule has 1 aliphatic rings. The predicted molar refractivity (Wildman–Crippen MR) is 136 cm³/mol. The summed E-state index contributed by atoms with van der Waals surface area (Å²) in [4.78, 5) is 6.69. The van der Waals surface area contributed by atoms with Gasteiger partial charge in [0.25, 0.3) is 5.88 Å². The van der Waals surface area contributed by atoms with Crippen molar-refractivity contribution in [1.29, 1.82) is 0 Å². The highest BCUT2D eigenvalue weighted by Gasteiger charge is 2.24. The third-order valence-electron chi connectivity index (χ3n) is 6.29. The van der Waals surface area contributed by atoms with Gasteiger partial charge in [0.15, 0.2) is 12.1 Å². The van der Waals surface area contributed by atoms with E-state index in [0.29, 0.717) is 45.7 Å². The Morgan fingerprint density at radius 2 is 1.77 bits per heavy atom. The number of methoxy groups -OCH3 is 1. The molecule has 186 valence electrons. The Balaban J connectivity index is 1.56. The summed E-state index contributed by atoms with van der Waals surface area (Å²) in [6.07, 6.45) is 1.72. The first kappa shape index (κ1) is 25.9. The van der Waals surface area contributed by atoms with Crippen LogP contribution in [0.1, 0.15) is 30.4 Å². The van der Waals surface area contributed by atoms with E-state index in [1.54, 1.807) is 24.3 Å². The summed E-state index contributed by atoms with van der Waals surface area (Å²) >= 11 is 12.4. The molecule has 1 aromatic heterocycles. The van der Waals surface area contributed by atoms with Crippen molar-refractivity contribution < 1.29 is 19.0 Å². The van der Waals surface area contributed by atoms with E-state index in [9.17, 15) is 5.11 Å². The lowest BCUT2D eigenvalue weighted by Gasteiger charge is -2.32. The first-order valence-electron chi connectivity index (χ1n) is 11.7. The van der Waals surface area contributed by atoms with Crippen molar-refractivity contribution in [3.8, 4) is 17.1 Å². The van der Waals surface area contributed by atoms with Crippen LogP contribution in [0.5, 0.6) is 5.88 Å². The molecule has 35 heavy (non-hydrogen) atoms. The van der Waals surface area contributed by atoms with Crippen molar-refractivity contribution in [2.75, 3.05) is 20.2 Å². The maximum Gasteiger partial charge on any atom is 0.251 e. The van der Waals surface area contributed by atoms with Crippen LogP contribution in [0, 0.1) is 11.7 Å². The van der Waals surface area contributed by atoms with E-state index >= 15 is 4.39 Å². The van der Waals surface area contributed by atoms with Gasteiger partial charge in [0.1, 0.15) is 6.61 Å². The number of hydrogen-bond acceptors (Lipinski definition) is 5. The lowest BCUT2D eigenvalue weighted by Crippen LogP contribution is -2.34. The van der Waals surface area contributed by atoms with E-state index in [2.05, 4.69) is 9.88 Å². The van der Waals surface area contributed by atoms with Crippen LogP contribution in [0.3, 0.4) is 0 Å². The maximum absolute atomic E-state index is 15.6. The molecule has 1 atom stereocenters. The van der Waals surface area contributed by atoms with E-state index in [-0.39, 0.29) is 12.5 Å². The number of piperidine rings is 1. The van der Waals surface area contributed by atoms with Crippen molar-refractivity contribution >= 4 is 23.2 Å². The highest BCUT2D eigenvalue weighted by Crippen LogP contribution is 2.32. The smallest absolute Gasteiger partial charge is 0.251 e. The first-order valence-corrected chi connectivity index (χ1v) is 12.4. The summed E-state index contributed by atoms with van der Waals surface area (Å²) in [7, 11) is 1.51. The number of aliphatic hydroxyl groups excluding tert-OH is 1. The Morgan fingerprint density at radius 1 is 1.09 bits per heavy atom. The Kier molecular flexibility index (Phi) is 8.98. The second kappa shape index (κ2) is 12.2. The molecule has 0 saturated carbocycles. The number of halogens is 3. The number of nitrogens with zero attached hydrogens (tertiary/aromatic N) is 2. The fourth-order valence-electron chi connectivity index (χ4n) is 4.35. The zero-order valence-corrected chi connectivity index (χ0v) is 21.1. The standard InChI is InChI=1S/C27H29Cl2FN2O3/c1-34-25(33)11-18-7-9-32(10-8-18)16-21-14-24(20-12-22(28)15-23(29)13-20)31-27(26(21)30)35-17-19-5-3-2-4-6-19/h2-6,12-15,18,25,33H,7-11,16-17H2,1H3. The number of hydrogen-bond donors (Lipinski definition) is 1. The van der Waals surface area contributed by atoms with E-state index in [4.69, 9.17) is 32.7 Å². The van der Waals surface area contributed by atoms with Crippen LogP contribution >= 0.6 is 23.2 Å². The summed E-state index contributed by atoms with van der Waals surface area (Å²) in [6, 6.07) is 16.5. The number of pyridine rings is 1. The topological polar surface area (TPSA) is 54.8 Å². The van der Waals surface area contributed by atoms with Gasteiger partial charge in [0, 0.05) is 41.2 Å². The molecule has 8 heteroatoms. The van der Waals surface area contributed by atoms with Gasteiger partial charge in [-0.05, 0) is 61.7 Å². The van der Waals surface area contributed by atoms with Crippen LogP contribution in [0.15, 0.2) is 54.6 Å². The molecule has 2 heterocycles. The fourth-order valence-corrected chi connectivity index (χ4v) is 4.87. The summed E-state index contributed by atoms with van der Waals surface area (Å²) < 4.78 is 26.4. The summed E-state index contributed by atoms with van der Waals surface area (Å²) in [5, 5.41) is 10.7. The number of benzene rings is 2. The molecule has 5 nitrogen and oxygen atoms in total. The van der Waals surface area contributed by atoms with Crippen LogP contribution in [0.2, 0.25) is 10.0 Å². The van der Waals surface area contributed by atoms with Crippen molar-refractivity contribution in [3.63, 3.8) is 0 Å². The Morgan fingerprint density at radius 3 is 2.43 bits per heavy atom. The third kappa shape index (κ3) is 7.15. The molecule has 1 fully saturated rings. The average molecular weight is 519 g/mol. The van der Waals surface area contributed by atoms with Gasteiger partial charge in [-0.3, -0.25) is 4.90 Å². The second-order valence-electron chi connectivity index (χ2n) is 8.86. The minimum atomic E-state index is -0.736. The number of likely N-dealkylation sites (tertiary alicyclic amines) is 1. The van der Waals surface area contributed by atoms with Gasteiger partial charge < -0.3 is 14.6 Å². The minimum Gasteiger partial charge on any atom is -0.471 e. The highest BCUT2D eigenvalue weighted by atomic mass is 35.5. The van der Waals surface area contributed by atoms with Crippen LogP contribution in [0.4, 0.5) is 4.39 Å². The van der Waals surface area contributed by atoms with Gasteiger partial charge in [-0.2, -0.15) is 0 Å². The number of ether oxygens (including phenoxy) is 2. The Bertz CT molecular complexity index is 1100. The van der Waals surface area contributed by atoms with Crippen LogP contribution in [-0.4, -0.2) is 41.5 Å². The van der Waals surface area contributed by atoms with Crippen molar-refractivity contribution in [2.45, 2.75) is 38.7 Å². The zero-order valence-electron chi connectivity index (χ0n) is 19.6. The fraction of sp³-hybridized carbons (Fsp3) is 0.370. The molecule has 2 aromatic carbocycles.